The Kier molecular flexibility index (Phi) is 4.08. The van der Waals surface area contributed by atoms with Crippen LogP contribution in [0, 0.1) is 0 Å². The first kappa shape index (κ1) is 9.20. The number of hydrogen-bond acceptors (Lipinski definition) is 2. The van der Waals surface area contributed by atoms with E-state index in [1.54, 1.807) is 0 Å². The molecule has 11 heavy (non-hydrogen) atoms. The van der Waals surface area contributed by atoms with Gasteiger partial charge in [0.1, 0.15) is 0 Å². The Morgan fingerprint density at radius 1 is 1.45 bits per heavy atom. The molecule has 0 saturated carbocycles. The minimum Gasteiger partial charge on any atom is -0.373 e. The van der Waals surface area contributed by atoms with Gasteiger partial charge in [0.15, 0.2) is 4.69 Å². The highest BCUT2D eigenvalue weighted by Crippen LogP contribution is 2.17. The SMILES string of the molecule is O=C(Br)CCCCCC1CO1. The van der Waals surface area contributed by atoms with E-state index in [1.165, 1.54) is 12.8 Å². The Hall–Kier alpha value is 0.110. The second kappa shape index (κ2) is 4.88. The topological polar surface area (TPSA) is 29.6 Å². The average Bonchev–Trinajstić information content (AvgIpc) is 2.70. The fraction of sp³-hybridized carbons (Fsp3) is 0.875. The van der Waals surface area contributed by atoms with Crippen LogP contribution in [0.2, 0.25) is 0 Å². The third-order valence-electron chi connectivity index (χ3n) is 1.80. The molecule has 1 unspecified atom stereocenters. The molecule has 0 aliphatic carbocycles. The lowest BCUT2D eigenvalue weighted by Gasteiger charge is -1.95. The lowest BCUT2D eigenvalue weighted by Crippen LogP contribution is -1.88. The zero-order valence-corrected chi connectivity index (χ0v) is 8.10. The minimum atomic E-state index is 0.125. The second-order valence-electron chi connectivity index (χ2n) is 2.91. The van der Waals surface area contributed by atoms with Crippen molar-refractivity contribution in [2.24, 2.45) is 0 Å². The maximum absolute atomic E-state index is 10.4. The van der Waals surface area contributed by atoms with Crippen LogP contribution in [-0.2, 0) is 9.53 Å². The first-order valence-corrected chi connectivity index (χ1v) is 4.88. The van der Waals surface area contributed by atoms with Crippen LogP contribution in [0.15, 0.2) is 0 Å². The Morgan fingerprint density at radius 2 is 2.18 bits per heavy atom. The molecule has 2 nitrogen and oxygen atoms in total. The summed E-state index contributed by atoms with van der Waals surface area (Å²) < 4.78 is 5.19. The molecule has 0 spiro atoms. The van der Waals surface area contributed by atoms with Crippen molar-refractivity contribution >= 4 is 20.6 Å². The van der Waals surface area contributed by atoms with Crippen LogP contribution in [0.1, 0.15) is 32.1 Å². The third-order valence-corrected chi connectivity index (χ3v) is 2.20. The van der Waals surface area contributed by atoms with Gasteiger partial charge in [-0.3, -0.25) is 4.79 Å². The minimum absolute atomic E-state index is 0.125. The van der Waals surface area contributed by atoms with Crippen LogP contribution in [0.25, 0.3) is 0 Å². The predicted octanol–water partition coefficient (Wildman–Crippen LogP) is 2.26. The zero-order chi connectivity index (χ0) is 8.10. The number of epoxide rings is 1. The number of halogens is 1. The van der Waals surface area contributed by atoms with Crippen LogP contribution in [0.5, 0.6) is 0 Å². The smallest absolute Gasteiger partial charge is 0.197 e. The summed E-state index contributed by atoms with van der Waals surface area (Å²) in [5, 5.41) is 0. The van der Waals surface area contributed by atoms with Crippen LogP contribution < -0.4 is 0 Å². The van der Waals surface area contributed by atoms with E-state index in [4.69, 9.17) is 4.74 Å². The van der Waals surface area contributed by atoms with Crippen molar-refractivity contribution in [3.8, 4) is 0 Å². The number of hydrogen-bond donors (Lipinski definition) is 0. The third kappa shape index (κ3) is 5.39. The first-order valence-electron chi connectivity index (χ1n) is 4.09. The standard InChI is InChI=1S/C8H13BrO2/c9-8(10)5-3-1-2-4-7-6-11-7/h7H,1-6H2. The molecule has 0 radical (unpaired) electrons. The van der Waals surface area contributed by atoms with Gasteiger partial charge in [-0.05, 0) is 28.8 Å². The molecule has 0 amide bonds. The molecule has 1 heterocycles. The molecular weight excluding hydrogens is 208 g/mol. The molecule has 1 saturated heterocycles. The summed E-state index contributed by atoms with van der Waals surface area (Å²) in [6.45, 7) is 0.956. The lowest BCUT2D eigenvalue weighted by molar-refractivity contribution is -0.110. The summed E-state index contributed by atoms with van der Waals surface area (Å²) >= 11 is 2.90. The molecule has 0 aromatic rings. The van der Waals surface area contributed by atoms with Crippen molar-refractivity contribution < 1.29 is 9.53 Å². The first-order chi connectivity index (χ1) is 5.29. The molecule has 1 aliphatic heterocycles. The van der Waals surface area contributed by atoms with E-state index in [1.807, 2.05) is 0 Å². The summed E-state index contributed by atoms with van der Waals surface area (Å²) in [5.74, 6) is 0. The van der Waals surface area contributed by atoms with Crippen LogP contribution in [0.3, 0.4) is 0 Å². The lowest BCUT2D eigenvalue weighted by atomic mass is 10.1. The Morgan fingerprint density at radius 3 is 2.73 bits per heavy atom. The number of carbonyl (C=O) groups is 1. The summed E-state index contributed by atoms with van der Waals surface area (Å²) in [7, 11) is 0. The molecular formula is C8H13BrO2. The van der Waals surface area contributed by atoms with Crippen LogP contribution >= 0.6 is 15.9 Å². The van der Waals surface area contributed by atoms with Gasteiger partial charge in [-0.25, -0.2) is 0 Å². The van der Waals surface area contributed by atoms with E-state index < -0.39 is 0 Å². The molecule has 1 atom stereocenters. The highest BCUT2D eigenvalue weighted by atomic mass is 79.9. The average molecular weight is 221 g/mol. The van der Waals surface area contributed by atoms with E-state index in [0.29, 0.717) is 12.5 Å². The quantitative estimate of drug-likeness (QED) is 0.391. The van der Waals surface area contributed by atoms with Gasteiger partial charge in [0.25, 0.3) is 0 Å². The molecule has 1 aliphatic rings. The fourth-order valence-corrected chi connectivity index (χ4v) is 1.33. The largest absolute Gasteiger partial charge is 0.373 e. The fourth-order valence-electron chi connectivity index (χ4n) is 1.05. The van der Waals surface area contributed by atoms with E-state index in [-0.39, 0.29) is 4.69 Å². The van der Waals surface area contributed by atoms with Gasteiger partial charge in [-0.1, -0.05) is 12.8 Å². The molecule has 0 aromatic carbocycles. The van der Waals surface area contributed by atoms with Gasteiger partial charge in [0.2, 0.25) is 0 Å². The normalized spacial score (nSPS) is 21.7. The maximum Gasteiger partial charge on any atom is 0.197 e. The van der Waals surface area contributed by atoms with Gasteiger partial charge in [0.05, 0.1) is 12.7 Å². The van der Waals surface area contributed by atoms with E-state index in [2.05, 4.69) is 15.9 Å². The van der Waals surface area contributed by atoms with E-state index in [0.717, 1.165) is 19.4 Å². The van der Waals surface area contributed by atoms with E-state index >= 15 is 0 Å². The van der Waals surface area contributed by atoms with Crippen molar-refractivity contribution in [2.75, 3.05) is 6.61 Å². The summed E-state index contributed by atoms with van der Waals surface area (Å²) in [4.78, 5) is 10.4. The van der Waals surface area contributed by atoms with Crippen molar-refractivity contribution in [2.45, 2.75) is 38.2 Å². The Labute approximate surface area is 75.4 Å². The second-order valence-corrected chi connectivity index (χ2v) is 3.79. The van der Waals surface area contributed by atoms with Crippen molar-refractivity contribution in [1.29, 1.82) is 0 Å². The molecule has 0 bridgehead atoms. The molecule has 1 fully saturated rings. The maximum atomic E-state index is 10.4. The zero-order valence-electron chi connectivity index (χ0n) is 6.51. The number of carbonyl (C=O) groups excluding carboxylic acids is 1. The van der Waals surface area contributed by atoms with Gasteiger partial charge in [-0.15, -0.1) is 0 Å². The van der Waals surface area contributed by atoms with Crippen LogP contribution in [-0.4, -0.2) is 17.4 Å². The van der Waals surface area contributed by atoms with Crippen molar-refractivity contribution in [3.63, 3.8) is 0 Å². The Balaban J connectivity index is 1.76. The predicted molar refractivity (Wildman–Crippen MR) is 46.8 cm³/mol. The highest BCUT2D eigenvalue weighted by molar-refractivity contribution is 9.18. The molecule has 1 rings (SSSR count). The van der Waals surface area contributed by atoms with Crippen LogP contribution in [0.4, 0.5) is 0 Å². The summed E-state index contributed by atoms with van der Waals surface area (Å²) in [5.41, 5.74) is 0. The molecule has 0 aromatic heterocycles. The molecule has 3 heteroatoms. The van der Waals surface area contributed by atoms with Gasteiger partial charge in [-0.2, -0.15) is 0 Å². The number of ether oxygens (including phenoxy) is 1. The van der Waals surface area contributed by atoms with Crippen molar-refractivity contribution in [3.05, 3.63) is 0 Å². The van der Waals surface area contributed by atoms with Gasteiger partial charge in [0, 0.05) is 6.42 Å². The van der Waals surface area contributed by atoms with Gasteiger partial charge < -0.3 is 4.74 Å². The number of unbranched alkanes of at least 4 members (excludes halogenated alkanes) is 2. The highest BCUT2D eigenvalue weighted by Gasteiger charge is 2.20. The Bertz CT molecular complexity index is 132. The van der Waals surface area contributed by atoms with E-state index in [9.17, 15) is 4.79 Å². The van der Waals surface area contributed by atoms with Crippen molar-refractivity contribution in [1.82, 2.24) is 0 Å². The summed E-state index contributed by atoms with van der Waals surface area (Å²) in [6, 6.07) is 0. The monoisotopic (exact) mass is 220 g/mol. The van der Waals surface area contributed by atoms with Gasteiger partial charge >= 0.3 is 0 Å². The number of rotatable bonds is 6. The molecule has 0 N–H and O–H groups in total. The summed E-state index contributed by atoms with van der Waals surface area (Å²) in [6.07, 6.45) is 5.76. The molecule has 64 valence electrons.